The summed E-state index contributed by atoms with van der Waals surface area (Å²) in [6.07, 6.45) is 3.36. The molecular weight excluding hydrogens is 246 g/mol. The molecule has 0 aromatic heterocycles. The highest BCUT2D eigenvalue weighted by Crippen LogP contribution is 2.48. The van der Waals surface area contributed by atoms with Crippen LogP contribution in [0.1, 0.15) is 33.1 Å². The van der Waals surface area contributed by atoms with Crippen molar-refractivity contribution in [3.63, 3.8) is 0 Å². The Morgan fingerprint density at radius 3 is 2.58 bits per heavy atom. The Kier molecular flexibility index (Phi) is 6.24. The maximum Gasteiger partial charge on any atom is 0.321 e. The van der Waals surface area contributed by atoms with Crippen molar-refractivity contribution in [1.29, 1.82) is 0 Å². The third-order valence-electron chi connectivity index (χ3n) is 3.54. The lowest BCUT2D eigenvalue weighted by molar-refractivity contribution is -0.121. The molecule has 0 heterocycles. The second-order valence-corrected chi connectivity index (χ2v) is 5.19. The molecule has 0 aromatic rings. The molecule has 1 unspecified atom stereocenters. The van der Waals surface area contributed by atoms with Gasteiger partial charge in [0.2, 0.25) is 5.91 Å². The Hall–Kier alpha value is -1.14. The summed E-state index contributed by atoms with van der Waals surface area (Å²) in [6.45, 7) is 5.61. The van der Waals surface area contributed by atoms with Crippen LogP contribution in [0.5, 0.6) is 0 Å². The quantitative estimate of drug-likeness (QED) is 0.605. The first kappa shape index (κ1) is 15.9. The first-order valence-corrected chi connectivity index (χ1v) is 6.84. The fourth-order valence-corrected chi connectivity index (χ4v) is 1.90. The van der Waals surface area contributed by atoms with Crippen molar-refractivity contribution in [2.24, 2.45) is 5.41 Å². The molecule has 0 bridgehead atoms. The normalized spacial score (nSPS) is 17.6. The maximum atomic E-state index is 11.7. The Morgan fingerprint density at radius 1 is 1.37 bits per heavy atom. The molecule has 1 saturated carbocycles. The van der Waals surface area contributed by atoms with E-state index in [1.165, 1.54) is 12.8 Å². The Bertz CT molecular complexity index is 316. The zero-order valence-electron chi connectivity index (χ0n) is 12.0. The van der Waals surface area contributed by atoms with Crippen LogP contribution in [-0.4, -0.2) is 44.8 Å². The third-order valence-corrected chi connectivity index (χ3v) is 3.54. The molecule has 0 aliphatic heterocycles. The minimum atomic E-state index is -0.443. The van der Waals surface area contributed by atoms with Crippen LogP contribution in [0.4, 0.5) is 4.79 Å². The molecule has 1 fully saturated rings. The van der Waals surface area contributed by atoms with Crippen molar-refractivity contribution in [3.05, 3.63) is 0 Å². The van der Waals surface area contributed by atoms with Crippen molar-refractivity contribution in [2.45, 2.75) is 39.2 Å². The molecule has 6 nitrogen and oxygen atoms in total. The van der Waals surface area contributed by atoms with E-state index in [-0.39, 0.29) is 17.4 Å². The molecule has 1 atom stereocenters. The second-order valence-electron chi connectivity index (χ2n) is 5.19. The molecule has 3 N–H and O–H groups in total. The number of rotatable bonds is 8. The van der Waals surface area contributed by atoms with Crippen molar-refractivity contribution in [2.75, 3.05) is 26.8 Å². The summed E-state index contributed by atoms with van der Waals surface area (Å²) < 4.78 is 5.09. The van der Waals surface area contributed by atoms with Crippen LogP contribution < -0.4 is 16.0 Å². The zero-order valence-corrected chi connectivity index (χ0v) is 12.0. The van der Waals surface area contributed by atoms with Crippen molar-refractivity contribution in [3.8, 4) is 0 Å². The molecule has 19 heavy (non-hydrogen) atoms. The van der Waals surface area contributed by atoms with E-state index >= 15 is 0 Å². The minimum Gasteiger partial charge on any atom is -0.385 e. The van der Waals surface area contributed by atoms with Gasteiger partial charge < -0.3 is 15.4 Å². The Morgan fingerprint density at radius 2 is 2.05 bits per heavy atom. The van der Waals surface area contributed by atoms with Crippen LogP contribution >= 0.6 is 0 Å². The van der Waals surface area contributed by atoms with Gasteiger partial charge in [-0.15, -0.1) is 0 Å². The fourth-order valence-electron chi connectivity index (χ4n) is 1.90. The fraction of sp³-hybridized carbons (Fsp3) is 0.846. The number of hydrogen-bond donors (Lipinski definition) is 3. The predicted molar refractivity (Wildman–Crippen MR) is 72.8 cm³/mol. The van der Waals surface area contributed by atoms with Crippen LogP contribution in [0.3, 0.4) is 0 Å². The van der Waals surface area contributed by atoms with Gasteiger partial charge in [-0.3, -0.25) is 10.1 Å². The van der Waals surface area contributed by atoms with Crippen LogP contribution in [0.25, 0.3) is 0 Å². The second kappa shape index (κ2) is 7.45. The van der Waals surface area contributed by atoms with Crippen LogP contribution in [-0.2, 0) is 9.53 Å². The van der Waals surface area contributed by atoms with Crippen LogP contribution in [0.15, 0.2) is 0 Å². The summed E-state index contributed by atoms with van der Waals surface area (Å²) >= 11 is 0. The highest BCUT2D eigenvalue weighted by molar-refractivity contribution is 5.96. The van der Waals surface area contributed by atoms with Gasteiger partial charge in [0, 0.05) is 26.8 Å². The van der Waals surface area contributed by atoms with Gasteiger partial charge in [0.05, 0.1) is 6.04 Å². The first-order valence-electron chi connectivity index (χ1n) is 6.84. The van der Waals surface area contributed by atoms with Gasteiger partial charge in [-0.25, -0.2) is 4.79 Å². The van der Waals surface area contributed by atoms with Gasteiger partial charge in [-0.1, -0.05) is 0 Å². The largest absolute Gasteiger partial charge is 0.385 e. The van der Waals surface area contributed by atoms with E-state index in [4.69, 9.17) is 4.74 Å². The monoisotopic (exact) mass is 271 g/mol. The number of ether oxygens (including phenoxy) is 1. The summed E-state index contributed by atoms with van der Waals surface area (Å²) in [5.74, 6) is -0.298. The van der Waals surface area contributed by atoms with E-state index in [0.717, 1.165) is 19.6 Å². The molecule has 1 aliphatic rings. The lowest BCUT2D eigenvalue weighted by Gasteiger charge is -2.19. The van der Waals surface area contributed by atoms with Gasteiger partial charge in [0.1, 0.15) is 0 Å². The first-order chi connectivity index (χ1) is 9.03. The minimum absolute atomic E-state index is 0.288. The standard InChI is InChI=1S/C13H25N3O3/c1-4-14-12(18)16-11(17)10(2)15-9-13(5-6-13)7-8-19-3/h10,15H,4-9H2,1-3H3,(H2,14,16,17,18). The van der Waals surface area contributed by atoms with Gasteiger partial charge in [0.25, 0.3) is 0 Å². The molecule has 110 valence electrons. The molecule has 0 saturated heterocycles. The van der Waals surface area contributed by atoms with Gasteiger partial charge in [-0.2, -0.15) is 0 Å². The van der Waals surface area contributed by atoms with E-state index in [1.54, 1.807) is 21.0 Å². The van der Waals surface area contributed by atoms with Gasteiger partial charge in [0.15, 0.2) is 0 Å². The number of hydrogen-bond acceptors (Lipinski definition) is 4. The number of imide groups is 1. The zero-order chi connectivity index (χ0) is 14.3. The lowest BCUT2D eigenvalue weighted by atomic mass is 10.0. The summed E-state index contributed by atoms with van der Waals surface area (Å²) in [5.41, 5.74) is 0.288. The van der Waals surface area contributed by atoms with Crippen molar-refractivity contribution >= 4 is 11.9 Å². The molecular formula is C13H25N3O3. The van der Waals surface area contributed by atoms with Gasteiger partial charge in [-0.05, 0) is 38.5 Å². The van der Waals surface area contributed by atoms with Gasteiger partial charge >= 0.3 is 6.03 Å². The average Bonchev–Trinajstić information content (AvgIpc) is 3.14. The van der Waals surface area contributed by atoms with Crippen molar-refractivity contribution in [1.82, 2.24) is 16.0 Å². The Balaban J connectivity index is 2.25. The van der Waals surface area contributed by atoms with E-state index in [0.29, 0.717) is 6.54 Å². The van der Waals surface area contributed by atoms with E-state index in [9.17, 15) is 9.59 Å². The summed E-state index contributed by atoms with van der Waals surface area (Å²) in [6, 6.07) is -0.815. The average molecular weight is 271 g/mol. The van der Waals surface area contributed by atoms with E-state index in [1.807, 2.05) is 0 Å². The summed E-state index contributed by atoms with van der Waals surface area (Å²) in [4.78, 5) is 22.9. The topological polar surface area (TPSA) is 79.5 Å². The molecule has 0 spiro atoms. The van der Waals surface area contributed by atoms with E-state index in [2.05, 4.69) is 16.0 Å². The summed E-state index contributed by atoms with van der Waals surface area (Å²) in [5, 5.41) is 8.03. The maximum absolute atomic E-state index is 11.7. The van der Waals surface area contributed by atoms with Crippen molar-refractivity contribution < 1.29 is 14.3 Å². The predicted octanol–water partition coefficient (Wildman–Crippen LogP) is 0.627. The highest BCUT2D eigenvalue weighted by atomic mass is 16.5. The smallest absolute Gasteiger partial charge is 0.321 e. The highest BCUT2D eigenvalue weighted by Gasteiger charge is 2.42. The molecule has 0 radical (unpaired) electrons. The number of carbonyl (C=O) groups excluding carboxylic acids is 2. The molecule has 3 amide bonds. The molecule has 1 rings (SSSR count). The summed E-state index contributed by atoms with van der Waals surface area (Å²) in [7, 11) is 1.70. The Labute approximate surface area is 114 Å². The number of urea groups is 1. The molecule has 6 heteroatoms. The number of amides is 3. The number of nitrogens with one attached hydrogen (secondary N) is 3. The number of carbonyl (C=O) groups is 2. The molecule has 0 aromatic carbocycles. The third kappa shape index (κ3) is 5.57. The molecule has 1 aliphatic carbocycles. The van der Waals surface area contributed by atoms with Crippen LogP contribution in [0, 0.1) is 5.41 Å². The lowest BCUT2D eigenvalue weighted by Crippen LogP contribution is -2.49. The SMILES string of the molecule is CCNC(=O)NC(=O)C(C)NCC1(CCOC)CC1. The number of methoxy groups -OCH3 is 1. The van der Waals surface area contributed by atoms with E-state index < -0.39 is 6.03 Å². The van der Waals surface area contributed by atoms with Crippen LogP contribution in [0.2, 0.25) is 0 Å².